The van der Waals surface area contributed by atoms with Crippen molar-refractivity contribution in [1.82, 2.24) is 4.90 Å². The van der Waals surface area contributed by atoms with E-state index in [4.69, 9.17) is 28.9 Å². The van der Waals surface area contributed by atoms with Crippen molar-refractivity contribution in [3.05, 3.63) is 33.8 Å². The first kappa shape index (κ1) is 17.1. The summed E-state index contributed by atoms with van der Waals surface area (Å²) in [5, 5.41) is 1.40. The summed E-state index contributed by atoms with van der Waals surface area (Å²) >= 11 is 12.4. The van der Waals surface area contributed by atoms with Crippen molar-refractivity contribution in [2.75, 3.05) is 19.6 Å². The predicted molar refractivity (Wildman–Crippen MR) is 92.0 cm³/mol. The molecule has 0 saturated carbocycles. The molecule has 1 aromatic carbocycles. The van der Waals surface area contributed by atoms with Crippen LogP contribution in [0, 0.1) is 11.8 Å². The smallest absolute Gasteiger partial charge is 0.0485 e. The van der Waals surface area contributed by atoms with Gasteiger partial charge in [0.15, 0.2) is 0 Å². The second-order valence-electron chi connectivity index (χ2n) is 6.39. The Morgan fingerprint density at radius 3 is 2.62 bits per heavy atom. The molecule has 0 spiro atoms. The first-order chi connectivity index (χ1) is 10.0. The molecule has 2 unspecified atom stereocenters. The summed E-state index contributed by atoms with van der Waals surface area (Å²) in [6.45, 7) is 7.45. The molecule has 1 saturated heterocycles. The van der Waals surface area contributed by atoms with E-state index in [1.54, 1.807) is 0 Å². The summed E-state index contributed by atoms with van der Waals surface area (Å²) in [7, 11) is 0. The van der Waals surface area contributed by atoms with Crippen LogP contribution in [0.15, 0.2) is 18.2 Å². The van der Waals surface area contributed by atoms with Gasteiger partial charge >= 0.3 is 0 Å². The third kappa shape index (κ3) is 4.35. The number of halogens is 2. The zero-order valence-corrected chi connectivity index (χ0v) is 14.5. The van der Waals surface area contributed by atoms with E-state index >= 15 is 0 Å². The van der Waals surface area contributed by atoms with Gasteiger partial charge in [-0.2, -0.15) is 0 Å². The fourth-order valence-electron chi connectivity index (χ4n) is 3.37. The quantitative estimate of drug-likeness (QED) is 0.863. The van der Waals surface area contributed by atoms with Gasteiger partial charge in [0, 0.05) is 22.6 Å². The minimum Gasteiger partial charge on any atom is -0.329 e. The van der Waals surface area contributed by atoms with Gasteiger partial charge in [0.2, 0.25) is 0 Å². The minimum atomic E-state index is 0.195. The summed E-state index contributed by atoms with van der Waals surface area (Å²) in [5.41, 5.74) is 7.16. The Morgan fingerprint density at radius 1 is 1.24 bits per heavy atom. The lowest BCUT2D eigenvalue weighted by molar-refractivity contribution is 0.204. The fourth-order valence-corrected chi connectivity index (χ4v) is 3.90. The molecule has 0 bridgehead atoms. The summed E-state index contributed by atoms with van der Waals surface area (Å²) in [6, 6.07) is 5.93. The second-order valence-corrected chi connectivity index (χ2v) is 7.23. The van der Waals surface area contributed by atoms with E-state index < -0.39 is 0 Å². The molecule has 2 atom stereocenters. The Labute approximate surface area is 138 Å². The highest BCUT2D eigenvalue weighted by Crippen LogP contribution is 2.32. The lowest BCUT2D eigenvalue weighted by Gasteiger charge is -2.31. The summed E-state index contributed by atoms with van der Waals surface area (Å²) < 4.78 is 0. The van der Waals surface area contributed by atoms with E-state index in [1.165, 1.54) is 19.3 Å². The molecule has 0 aromatic heterocycles. The SMILES string of the molecule is CC(C)C1CCCN(C(CN)c2ccc(Cl)cc2Cl)CC1. The maximum Gasteiger partial charge on any atom is 0.0485 e. The van der Waals surface area contributed by atoms with Crippen molar-refractivity contribution < 1.29 is 0 Å². The van der Waals surface area contributed by atoms with Gasteiger partial charge in [0.1, 0.15) is 0 Å². The van der Waals surface area contributed by atoms with Gasteiger partial charge in [-0.1, -0.05) is 43.1 Å². The van der Waals surface area contributed by atoms with Crippen molar-refractivity contribution in [3.63, 3.8) is 0 Å². The molecule has 0 amide bonds. The van der Waals surface area contributed by atoms with Gasteiger partial charge in [-0.3, -0.25) is 4.90 Å². The Morgan fingerprint density at radius 2 is 2.00 bits per heavy atom. The number of nitrogens with two attached hydrogens (primary N) is 1. The van der Waals surface area contributed by atoms with Crippen LogP contribution in [0.3, 0.4) is 0 Å². The van der Waals surface area contributed by atoms with Gasteiger partial charge in [-0.25, -0.2) is 0 Å². The molecule has 0 aliphatic carbocycles. The Bertz CT molecular complexity index is 462. The van der Waals surface area contributed by atoms with Crippen LogP contribution in [0.1, 0.15) is 44.7 Å². The lowest BCUT2D eigenvalue weighted by Crippen LogP contribution is -2.35. The maximum atomic E-state index is 6.38. The van der Waals surface area contributed by atoms with Crippen LogP contribution in [-0.2, 0) is 0 Å². The zero-order chi connectivity index (χ0) is 15.4. The molecule has 1 heterocycles. The number of likely N-dealkylation sites (tertiary alicyclic amines) is 1. The van der Waals surface area contributed by atoms with E-state index in [0.717, 1.165) is 35.5 Å². The molecule has 118 valence electrons. The average Bonchev–Trinajstić information content (AvgIpc) is 2.68. The van der Waals surface area contributed by atoms with Gasteiger partial charge in [-0.15, -0.1) is 0 Å². The molecule has 1 aliphatic rings. The molecular weight excluding hydrogens is 303 g/mol. The van der Waals surface area contributed by atoms with Crippen molar-refractivity contribution >= 4 is 23.2 Å². The molecule has 2 nitrogen and oxygen atoms in total. The van der Waals surface area contributed by atoms with Crippen LogP contribution in [0.4, 0.5) is 0 Å². The van der Waals surface area contributed by atoms with Crippen molar-refractivity contribution in [2.24, 2.45) is 17.6 Å². The summed E-state index contributed by atoms with van der Waals surface area (Å²) in [6.07, 6.45) is 3.81. The Kier molecular flexibility index (Phi) is 6.36. The molecule has 1 aromatic rings. The van der Waals surface area contributed by atoms with Gasteiger partial charge < -0.3 is 5.73 Å². The van der Waals surface area contributed by atoms with E-state index in [9.17, 15) is 0 Å². The van der Waals surface area contributed by atoms with E-state index in [-0.39, 0.29) is 6.04 Å². The topological polar surface area (TPSA) is 29.3 Å². The minimum absolute atomic E-state index is 0.195. The average molecular weight is 329 g/mol. The first-order valence-electron chi connectivity index (χ1n) is 7.92. The van der Waals surface area contributed by atoms with E-state index in [1.807, 2.05) is 18.2 Å². The third-order valence-electron chi connectivity index (χ3n) is 4.74. The molecule has 2 rings (SSSR count). The fraction of sp³-hybridized carbons (Fsp3) is 0.647. The van der Waals surface area contributed by atoms with Crippen LogP contribution in [0.25, 0.3) is 0 Å². The second kappa shape index (κ2) is 7.82. The van der Waals surface area contributed by atoms with Gasteiger partial charge in [0.05, 0.1) is 0 Å². The van der Waals surface area contributed by atoms with Crippen molar-refractivity contribution in [1.29, 1.82) is 0 Å². The zero-order valence-electron chi connectivity index (χ0n) is 13.0. The highest BCUT2D eigenvalue weighted by Gasteiger charge is 2.25. The van der Waals surface area contributed by atoms with Crippen LogP contribution < -0.4 is 5.73 Å². The molecule has 2 N–H and O–H groups in total. The number of hydrogen-bond acceptors (Lipinski definition) is 2. The normalized spacial score (nSPS) is 22.3. The number of nitrogens with zero attached hydrogens (tertiary/aromatic N) is 1. The number of hydrogen-bond donors (Lipinski definition) is 1. The summed E-state index contributed by atoms with van der Waals surface area (Å²) in [5.74, 6) is 1.59. The molecular formula is C17H26Cl2N2. The van der Waals surface area contributed by atoms with Crippen LogP contribution in [0.5, 0.6) is 0 Å². The highest BCUT2D eigenvalue weighted by molar-refractivity contribution is 6.35. The third-order valence-corrected chi connectivity index (χ3v) is 5.30. The molecule has 4 heteroatoms. The van der Waals surface area contributed by atoms with Crippen molar-refractivity contribution in [3.8, 4) is 0 Å². The first-order valence-corrected chi connectivity index (χ1v) is 8.67. The Balaban J connectivity index is 2.13. The monoisotopic (exact) mass is 328 g/mol. The molecule has 21 heavy (non-hydrogen) atoms. The Hall–Kier alpha value is -0.280. The van der Waals surface area contributed by atoms with E-state index in [2.05, 4.69) is 18.7 Å². The van der Waals surface area contributed by atoms with E-state index in [0.29, 0.717) is 11.6 Å². The standard InChI is InChI=1S/C17H26Cl2N2/c1-12(2)13-4-3-8-21(9-7-13)17(11-20)15-6-5-14(18)10-16(15)19/h5-6,10,12-13,17H,3-4,7-9,11,20H2,1-2H3. The van der Waals surface area contributed by atoms with Crippen LogP contribution in [0.2, 0.25) is 10.0 Å². The number of rotatable bonds is 4. The molecule has 1 fully saturated rings. The molecule has 1 aliphatic heterocycles. The van der Waals surface area contributed by atoms with Gasteiger partial charge in [0.25, 0.3) is 0 Å². The van der Waals surface area contributed by atoms with Gasteiger partial charge in [-0.05, 0) is 61.9 Å². The number of benzene rings is 1. The van der Waals surface area contributed by atoms with Crippen LogP contribution >= 0.6 is 23.2 Å². The predicted octanol–water partition coefficient (Wildman–Crippen LogP) is 4.75. The van der Waals surface area contributed by atoms with Crippen LogP contribution in [-0.4, -0.2) is 24.5 Å². The lowest BCUT2D eigenvalue weighted by atomic mass is 9.89. The molecule has 0 radical (unpaired) electrons. The summed E-state index contributed by atoms with van der Waals surface area (Å²) in [4.78, 5) is 2.50. The maximum absolute atomic E-state index is 6.38. The van der Waals surface area contributed by atoms with Crippen molar-refractivity contribution in [2.45, 2.75) is 39.2 Å². The largest absolute Gasteiger partial charge is 0.329 e. The highest BCUT2D eigenvalue weighted by atomic mass is 35.5.